The first-order valence-corrected chi connectivity index (χ1v) is 8.55. The molecule has 21 heavy (non-hydrogen) atoms. The summed E-state index contributed by atoms with van der Waals surface area (Å²) in [5.74, 6) is 0. The molecule has 0 saturated carbocycles. The predicted octanol–water partition coefficient (Wildman–Crippen LogP) is 3.60. The summed E-state index contributed by atoms with van der Waals surface area (Å²) in [5.41, 5.74) is 1.04. The fraction of sp³-hybridized carbons (Fsp3) is 0.600. The lowest BCUT2D eigenvalue weighted by atomic mass is 9.80. The highest BCUT2D eigenvalue weighted by Crippen LogP contribution is 2.42. The van der Waals surface area contributed by atoms with E-state index >= 15 is 0 Å². The molecular formula is C15H23Br2ClN2O. The van der Waals surface area contributed by atoms with Gasteiger partial charge in [-0.25, -0.2) is 0 Å². The summed E-state index contributed by atoms with van der Waals surface area (Å²) in [5, 5.41) is 13.2. The molecule has 1 aromatic rings. The number of piperazine rings is 1. The zero-order valence-corrected chi connectivity index (χ0v) is 16.4. The number of benzene rings is 1. The van der Waals surface area contributed by atoms with E-state index in [1.54, 1.807) is 0 Å². The van der Waals surface area contributed by atoms with Gasteiger partial charge in [0.15, 0.2) is 0 Å². The van der Waals surface area contributed by atoms with E-state index in [0.29, 0.717) is 0 Å². The summed E-state index contributed by atoms with van der Waals surface area (Å²) in [7, 11) is 0. The van der Waals surface area contributed by atoms with Gasteiger partial charge in [-0.05, 0) is 23.8 Å². The lowest BCUT2D eigenvalue weighted by Crippen LogP contribution is -2.49. The number of hydrogen-bond acceptors (Lipinski definition) is 3. The van der Waals surface area contributed by atoms with E-state index in [9.17, 15) is 5.11 Å². The fourth-order valence-electron chi connectivity index (χ4n) is 2.86. The van der Waals surface area contributed by atoms with Crippen molar-refractivity contribution in [2.45, 2.75) is 19.9 Å². The second kappa shape index (κ2) is 8.27. The maximum Gasteiger partial charge on any atom is 0.0500 e. The number of rotatable bonds is 4. The molecule has 1 atom stereocenters. The highest BCUT2D eigenvalue weighted by atomic mass is 79.9. The fourth-order valence-corrected chi connectivity index (χ4v) is 3.71. The third kappa shape index (κ3) is 4.66. The van der Waals surface area contributed by atoms with Crippen molar-refractivity contribution in [2.24, 2.45) is 5.41 Å². The number of halogens is 3. The Balaban J connectivity index is 0.00000220. The van der Waals surface area contributed by atoms with Gasteiger partial charge in [0.05, 0.1) is 0 Å². The minimum Gasteiger partial charge on any atom is -0.396 e. The second-order valence-corrected chi connectivity index (χ2v) is 7.77. The Morgan fingerprint density at radius 2 is 1.90 bits per heavy atom. The third-order valence-electron chi connectivity index (χ3n) is 3.92. The number of aliphatic hydroxyl groups excluding tert-OH is 1. The van der Waals surface area contributed by atoms with Gasteiger partial charge in [-0.2, -0.15) is 0 Å². The molecule has 1 aromatic carbocycles. The summed E-state index contributed by atoms with van der Waals surface area (Å²) in [6.07, 6.45) is 0. The minimum absolute atomic E-state index is 0. The normalized spacial score (nSPS) is 18.1. The maximum absolute atomic E-state index is 9.85. The molecule has 0 amide bonds. The molecule has 6 heteroatoms. The average Bonchev–Trinajstić information content (AvgIpc) is 2.44. The van der Waals surface area contributed by atoms with Crippen LogP contribution in [0.15, 0.2) is 27.1 Å². The van der Waals surface area contributed by atoms with Crippen LogP contribution in [0.5, 0.6) is 0 Å². The topological polar surface area (TPSA) is 35.5 Å². The molecule has 2 N–H and O–H groups in total. The first-order valence-electron chi connectivity index (χ1n) is 6.96. The Labute approximate surface area is 150 Å². The predicted molar refractivity (Wildman–Crippen MR) is 97.1 cm³/mol. The van der Waals surface area contributed by atoms with E-state index in [1.165, 1.54) is 5.56 Å². The van der Waals surface area contributed by atoms with Crippen LogP contribution >= 0.6 is 44.3 Å². The van der Waals surface area contributed by atoms with Gasteiger partial charge in [0.2, 0.25) is 0 Å². The molecular weight excluding hydrogens is 419 g/mol. The summed E-state index contributed by atoms with van der Waals surface area (Å²) in [4.78, 5) is 2.47. The Bertz CT molecular complexity index is 465. The van der Waals surface area contributed by atoms with Crippen LogP contribution in [-0.2, 0) is 0 Å². The Morgan fingerprint density at radius 1 is 1.29 bits per heavy atom. The Hall–Kier alpha value is 0.350. The van der Waals surface area contributed by atoms with Crippen molar-refractivity contribution in [3.05, 3.63) is 32.7 Å². The van der Waals surface area contributed by atoms with Crippen molar-refractivity contribution in [2.75, 3.05) is 32.8 Å². The highest BCUT2D eigenvalue weighted by molar-refractivity contribution is 9.11. The van der Waals surface area contributed by atoms with Crippen molar-refractivity contribution in [1.29, 1.82) is 0 Å². The zero-order chi connectivity index (χ0) is 14.8. The zero-order valence-electron chi connectivity index (χ0n) is 12.4. The van der Waals surface area contributed by atoms with Crippen molar-refractivity contribution >= 4 is 44.3 Å². The third-order valence-corrected chi connectivity index (χ3v) is 5.13. The van der Waals surface area contributed by atoms with Crippen LogP contribution in [0.1, 0.15) is 25.5 Å². The van der Waals surface area contributed by atoms with Crippen LogP contribution in [0, 0.1) is 5.41 Å². The van der Waals surface area contributed by atoms with E-state index in [2.05, 4.69) is 68.1 Å². The first kappa shape index (κ1) is 19.4. The van der Waals surface area contributed by atoms with Crippen molar-refractivity contribution in [3.63, 3.8) is 0 Å². The second-order valence-electron chi connectivity index (χ2n) is 6.00. The van der Waals surface area contributed by atoms with Crippen LogP contribution in [0.3, 0.4) is 0 Å². The summed E-state index contributed by atoms with van der Waals surface area (Å²) in [6.45, 7) is 8.45. The summed E-state index contributed by atoms with van der Waals surface area (Å²) < 4.78 is 2.18. The van der Waals surface area contributed by atoms with Gasteiger partial charge < -0.3 is 10.4 Å². The maximum atomic E-state index is 9.85. The smallest absolute Gasteiger partial charge is 0.0500 e. The van der Waals surface area contributed by atoms with Gasteiger partial charge in [-0.3, -0.25) is 4.90 Å². The molecule has 1 fully saturated rings. The van der Waals surface area contributed by atoms with E-state index in [0.717, 1.165) is 35.1 Å². The largest absolute Gasteiger partial charge is 0.396 e. The number of aliphatic hydroxyl groups is 1. The van der Waals surface area contributed by atoms with Gasteiger partial charge in [-0.15, -0.1) is 12.4 Å². The Morgan fingerprint density at radius 3 is 2.48 bits per heavy atom. The van der Waals surface area contributed by atoms with Gasteiger partial charge in [0.1, 0.15) is 0 Å². The van der Waals surface area contributed by atoms with Gasteiger partial charge >= 0.3 is 0 Å². The molecule has 3 nitrogen and oxygen atoms in total. The molecule has 0 spiro atoms. The van der Waals surface area contributed by atoms with E-state index in [4.69, 9.17) is 0 Å². The number of nitrogens with zero attached hydrogens (tertiary/aromatic N) is 1. The molecule has 2 rings (SSSR count). The van der Waals surface area contributed by atoms with Gasteiger partial charge in [0, 0.05) is 53.2 Å². The first-order chi connectivity index (χ1) is 9.45. The van der Waals surface area contributed by atoms with Gasteiger partial charge in [-0.1, -0.05) is 45.7 Å². The van der Waals surface area contributed by atoms with Crippen LogP contribution in [0.2, 0.25) is 0 Å². The lowest BCUT2D eigenvalue weighted by Gasteiger charge is -2.44. The molecule has 1 heterocycles. The number of hydrogen-bond donors (Lipinski definition) is 2. The van der Waals surface area contributed by atoms with E-state index < -0.39 is 0 Å². The van der Waals surface area contributed by atoms with Crippen molar-refractivity contribution in [3.8, 4) is 0 Å². The monoisotopic (exact) mass is 440 g/mol. The molecule has 0 aromatic heterocycles. The number of nitrogens with one attached hydrogen (secondary N) is 1. The van der Waals surface area contributed by atoms with Crippen LogP contribution in [0.25, 0.3) is 0 Å². The molecule has 0 aliphatic carbocycles. The molecule has 0 bridgehead atoms. The molecule has 120 valence electrons. The molecule has 1 aliphatic heterocycles. The van der Waals surface area contributed by atoms with Crippen molar-refractivity contribution in [1.82, 2.24) is 10.2 Å². The Kier molecular flexibility index (Phi) is 7.64. The SMILES string of the molecule is CC(C)(CO)[C@H](c1cc(Br)ccc1Br)N1CCNCC1.Cl. The quantitative estimate of drug-likeness (QED) is 0.748. The molecule has 1 saturated heterocycles. The minimum atomic E-state index is -0.194. The van der Waals surface area contributed by atoms with Crippen LogP contribution in [0.4, 0.5) is 0 Å². The molecule has 0 radical (unpaired) electrons. The summed E-state index contributed by atoms with van der Waals surface area (Å²) in [6, 6.07) is 6.46. The lowest BCUT2D eigenvalue weighted by molar-refractivity contribution is 0.0301. The van der Waals surface area contributed by atoms with Crippen molar-refractivity contribution < 1.29 is 5.11 Å². The van der Waals surface area contributed by atoms with Gasteiger partial charge in [0.25, 0.3) is 0 Å². The van der Waals surface area contributed by atoms with Crippen LogP contribution in [-0.4, -0.2) is 42.8 Å². The van der Waals surface area contributed by atoms with Crippen LogP contribution < -0.4 is 5.32 Å². The summed E-state index contributed by atoms with van der Waals surface area (Å²) >= 11 is 7.24. The standard InChI is InChI=1S/C15H22Br2N2O.ClH/c1-15(2,10-20)14(19-7-5-18-6-8-19)12-9-11(16)3-4-13(12)17;/h3-4,9,14,18,20H,5-8,10H2,1-2H3;1H/t14-;/m0./s1. The highest BCUT2D eigenvalue weighted by Gasteiger charge is 2.36. The van der Waals surface area contributed by atoms with E-state index in [-0.39, 0.29) is 30.5 Å². The molecule has 1 aliphatic rings. The average molecular weight is 443 g/mol. The van der Waals surface area contributed by atoms with E-state index in [1.807, 2.05) is 6.07 Å². The molecule has 0 unspecified atom stereocenters.